The summed E-state index contributed by atoms with van der Waals surface area (Å²) in [7, 11) is 0. The van der Waals surface area contributed by atoms with E-state index in [1.54, 1.807) is 12.1 Å². The molecule has 0 aromatic heterocycles. The molecule has 28 heavy (non-hydrogen) atoms. The van der Waals surface area contributed by atoms with Crippen LogP contribution in [-0.2, 0) is 0 Å². The Bertz CT molecular complexity index is 905. The SMILES string of the molecule is Cc1ccc(NC(=O)c2ccc(OCCCOc3ccccc3)cc2)c(C)c1. The van der Waals surface area contributed by atoms with Gasteiger partial charge in [0.2, 0.25) is 0 Å². The van der Waals surface area contributed by atoms with Crippen LogP contribution in [0.4, 0.5) is 5.69 Å². The van der Waals surface area contributed by atoms with Gasteiger partial charge in [0.15, 0.2) is 0 Å². The summed E-state index contributed by atoms with van der Waals surface area (Å²) >= 11 is 0. The first-order chi connectivity index (χ1) is 13.6. The molecule has 0 aliphatic heterocycles. The van der Waals surface area contributed by atoms with Crippen molar-refractivity contribution in [3.63, 3.8) is 0 Å². The zero-order chi connectivity index (χ0) is 19.8. The highest BCUT2D eigenvalue weighted by Gasteiger charge is 2.08. The molecule has 4 heteroatoms. The molecule has 1 N–H and O–H groups in total. The summed E-state index contributed by atoms with van der Waals surface area (Å²) in [6, 6.07) is 22.9. The Morgan fingerprint density at radius 2 is 1.46 bits per heavy atom. The van der Waals surface area contributed by atoms with E-state index in [0.717, 1.165) is 29.2 Å². The number of carbonyl (C=O) groups excluding carboxylic acids is 1. The molecule has 0 heterocycles. The van der Waals surface area contributed by atoms with Crippen LogP contribution in [0, 0.1) is 13.8 Å². The third-order valence-electron chi connectivity index (χ3n) is 4.32. The van der Waals surface area contributed by atoms with Gasteiger partial charge in [-0.15, -0.1) is 0 Å². The first kappa shape index (κ1) is 19.5. The van der Waals surface area contributed by atoms with Gasteiger partial charge < -0.3 is 14.8 Å². The minimum Gasteiger partial charge on any atom is -0.493 e. The number of carbonyl (C=O) groups is 1. The fraction of sp³-hybridized carbons (Fsp3) is 0.208. The number of hydrogen-bond acceptors (Lipinski definition) is 3. The van der Waals surface area contributed by atoms with Crippen LogP contribution in [0.2, 0.25) is 0 Å². The van der Waals surface area contributed by atoms with Crippen molar-refractivity contribution in [1.29, 1.82) is 0 Å². The van der Waals surface area contributed by atoms with Crippen LogP contribution in [0.15, 0.2) is 72.8 Å². The van der Waals surface area contributed by atoms with E-state index >= 15 is 0 Å². The molecule has 0 aliphatic carbocycles. The molecule has 0 saturated carbocycles. The second-order valence-corrected chi connectivity index (χ2v) is 6.66. The highest BCUT2D eigenvalue weighted by atomic mass is 16.5. The van der Waals surface area contributed by atoms with Crippen molar-refractivity contribution >= 4 is 11.6 Å². The quantitative estimate of drug-likeness (QED) is 0.536. The van der Waals surface area contributed by atoms with Crippen LogP contribution < -0.4 is 14.8 Å². The topological polar surface area (TPSA) is 47.6 Å². The predicted octanol–water partition coefficient (Wildman–Crippen LogP) is 5.40. The van der Waals surface area contributed by atoms with Crippen molar-refractivity contribution in [2.75, 3.05) is 18.5 Å². The lowest BCUT2D eigenvalue weighted by Crippen LogP contribution is -2.12. The molecule has 0 bridgehead atoms. The molecule has 0 unspecified atom stereocenters. The van der Waals surface area contributed by atoms with E-state index in [-0.39, 0.29) is 5.91 Å². The minimum atomic E-state index is -0.130. The van der Waals surface area contributed by atoms with Crippen LogP contribution in [0.5, 0.6) is 11.5 Å². The fourth-order valence-electron chi connectivity index (χ4n) is 2.81. The molecule has 0 radical (unpaired) electrons. The monoisotopic (exact) mass is 375 g/mol. The zero-order valence-electron chi connectivity index (χ0n) is 16.3. The van der Waals surface area contributed by atoms with Gasteiger partial charge in [-0.3, -0.25) is 4.79 Å². The van der Waals surface area contributed by atoms with Crippen molar-refractivity contribution < 1.29 is 14.3 Å². The second-order valence-electron chi connectivity index (χ2n) is 6.66. The number of para-hydroxylation sites is 1. The van der Waals surface area contributed by atoms with Crippen LogP contribution in [0.1, 0.15) is 27.9 Å². The van der Waals surface area contributed by atoms with E-state index in [1.165, 1.54) is 5.56 Å². The third kappa shape index (κ3) is 5.61. The molecule has 0 fully saturated rings. The molecular weight excluding hydrogens is 350 g/mol. The second kappa shape index (κ2) is 9.60. The summed E-state index contributed by atoms with van der Waals surface area (Å²) in [5.74, 6) is 1.47. The molecule has 3 aromatic carbocycles. The Balaban J connectivity index is 1.44. The molecule has 0 saturated heterocycles. The number of anilines is 1. The van der Waals surface area contributed by atoms with Gasteiger partial charge in [-0.25, -0.2) is 0 Å². The smallest absolute Gasteiger partial charge is 0.255 e. The van der Waals surface area contributed by atoms with Gasteiger partial charge in [0.1, 0.15) is 11.5 Å². The van der Waals surface area contributed by atoms with Crippen LogP contribution in [0.3, 0.4) is 0 Å². The van der Waals surface area contributed by atoms with E-state index in [4.69, 9.17) is 9.47 Å². The van der Waals surface area contributed by atoms with Gasteiger partial charge in [0.05, 0.1) is 13.2 Å². The van der Waals surface area contributed by atoms with E-state index < -0.39 is 0 Å². The lowest BCUT2D eigenvalue weighted by atomic mass is 10.1. The van der Waals surface area contributed by atoms with Crippen LogP contribution in [-0.4, -0.2) is 19.1 Å². The van der Waals surface area contributed by atoms with Gasteiger partial charge in [-0.2, -0.15) is 0 Å². The summed E-state index contributed by atoms with van der Waals surface area (Å²) in [6.45, 7) is 5.17. The fourth-order valence-corrected chi connectivity index (χ4v) is 2.81. The van der Waals surface area contributed by atoms with Crippen molar-refractivity contribution in [2.24, 2.45) is 0 Å². The van der Waals surface area contributed by atoms with Crippen molar-refractivity contribution in [2.45, 2.75) is 20.3 Å². The molecule has 0 aliphatic rings. The summed E-state index contributed by atoms with van der Waals surface area (Å²) < 4.78 is 11.4. The predicted molar refractivity (Wildman–Crippen MR) is 112 cm³/mol. The first-order valence-corrected chi connectivity index (χ1v) is 9.41. The molecular formula is C24H25NO3. The highest BCUT2D eigenvalue weighted by Crippen LogP contribution is 2.18. The van der Waals surface area contributed by atoms with Crippen LogP contribution >= 0.6 is 0 Å². The molecule has 1 amide bonds. The number of benzene rings is 3. The van der Waals surface area contributed by atoms with Gasteiger partial charge >= 0.3 is 0 Å². The van der Waals surface area contributed by atoms with E-state index in [2.05, 4.69) is 5.32 Å². The zero-order valence-corrected chi connectivity index (χ0v) is 16.3. The number of rotatable bonds is 8. The lowest BCUT2D eigenvalue weighted by molar-refractivity contribution is 0.102. The highest BCUT2D eigenvalue weighted by molar-refractivity contribution is 6.04. The van der Waals surface area contributed by atoms with E-state index in [1.807, 2.05) is 74.5 Å². The van der Waals surface area contributed by atoms with Crippen molar-refractivity contribution in [3.05, 3.63) is 89.5 Å². The Kier molecular flexibility index (Phi) is 6.68. The number of hydrogen-bond donors (Lipinski definition) is 1. The number of aryl methyl sites for hydroxylation is 2. The first-order valence-electron chi connectivity index (χ1n) is 9.41. The molecule has 0 atom stereocenters. The molecule has 3 aromatic rings. The maximum atomic E-state index is 12.4. The number of nitrogens with one attached hydrogen (secondary N) is 1. The lowest BCUT2D eigenvalue weighted by Gasteiger charge is -2.10. The summed E-state index contributed by atoms with van der Waals surface area (Å²) in [6.07, 6.45) is 0.782. The Hall–Kier alpha value is -3.27. The van der Waals surface area contributed by atoms with Gasteiger partial charge in [-0.1, -0.05) is 35.9 Å². The van der Waals surface area contributed by atoms with Crippen molar-refractivity contribution in [3.8, 4) is 11.5 Å². The average Bonchev–Trinajstić information content (AvgIpc) is 2.71. The van der Waals surface area contributed by atoms with E-state index in [0.29, 0.717) is 18.8 Å². The molecule has 4 nitrogen and oxygen atoms in total. The van der Waals surface area contributed by atoms with Gasteiger partial charge in [0.25, 0.3) is 5.91 Å². The van der Waals surface area contributed by atoms with Gasteiger partial charge in [-0.05, 0) is 61.9 Å². The molecule has 3 rings (SSSR count). The largest absolute Gasteiger partial charge is 0.493 e. The van der Waals surface area contributed by atoms with Crippen molar-refractivity contribution in [1.82, 2.24) is 0 Å². The summed E-state index contributed by atoms with van der Waals surface area (Å²) in [4.78, 5) is 12.4. The number of amides is 1. The average molecular weight is 375 g/mol. The van der Waals surface area contributed by atoms with Gasteiger partial charge in [0, 0.05) is 17.7 Å². The minimum absolute atomic E-state index is 0.130. The Labute approximate surface area is 166 Å². The normalized spacial score (nSPS) is 10.4. The standard InChI is InChI=1S/C24H25NO3/c1-18-9-14-23(19(2)17-18)25-24(26)20-10-12-22(13-11-20)28-16-6-15-27-21-7-4-3-5-8-21/h3-5,7-14,17H,6,15-16H2,1-2H3,(H,25,26). The maximum absolute atomic E-state index is 12.4. The maximum Gasteiger partial charge on any atom is 0.255 e. The molecule has 0 spiro atoms. The van der Waals surface area contributed by atoms with Crippen LogP contribution in [0.25, 0.3) is 0 Å². The third-order valence-corrected chi connectivity index (χ3v) is 4.32. The Morgan fingerprint density at radius 1 is 0.821 bits per heavy atom. The molecule has 144 valence electrons. The number of ether oxygens (including phenoxy) is 2. The van der Waals surface area contributed by atoms with E-state index in [9.17, 15) is 4.79 Å². The summed E-state index contributed by atoms with van der Waals surface area (Å²) in [5.41, 5.74) is 3.64. The Morgan fingerprint density at radius 3 is 2.11 bits per heavy atom. The summed E-state index contributed by atoms with van der Waals surface area (Å²) in [5, 5.41) is 2.95.